The van der Waals surface area contributed by atoms with Gasteiger partial charge in [-0.25, -0.2) is 0 Å². The summed E-state index contributed by atoms with van der Waals surface area (Å²) in [6.45, 7) is 4.60. The zero-order valence-corrected chi connectivity index (χ0v) is 10.7. The molecule has 1 aromatic carbocycles. The molecule has 90 valence electrons. The number of likely N-dealkylation sites (N-methyl/N-ethyl adjacent to an activating group) is 1. The molecular weight excluding hydrogens is 212 g/mol. The predicted molar refractivity (Wildman–Crippen MR) is 67.5 cm³/mol. The monoisotopic (exact) mass is 230 g/mol. The van der Waals surface area contributed by atoms with Crippen LogP contribution < -0.4 is 0 Å². The van der Waals surface area contributed by atoms with Gasteiger partial charge in [-0.3, -0.25) is 4.79 Å². The van der Waals surface area contributed by atoms with Gasteiger partial charge < -0.3 is 4.90 Å². The Kier molecular flexibility index (Phi) is 4.71. The first-order valence-electron chi connectivity index (χ1n) is 5.71. The van der Waals surface area contributed by atoms with E-state index < -0.39 is 0 Å². The normalized spacial score (nSPS) is 9.76. The average molecular weight is 230 g/mol. The number of nitriles is 1. The number of carbonyl (C=O) groups excluding carboxylic acids is 1. The summed E-state index contributed by atoms with van der Waals surface area (Å²) in [6.07, 6.45) is 0.790. The summed E-state index contributed by atoms with van der Waals surface area (Å²) in [5.74, 6) is 0.0588. The number of carbonyl (C=O) groups is 1. The van der Waals surface area contributed by atoms with Crippen molar-refractivity contribution in [1.29, 1.82) is 5.26 Å². The van der Waals surface area contributed by atoms with Crippen molar-refractivity contribution in [3.63, 3.8) is 0 Å². The first kappa shape index (κ1) is 13.2. The van der Waals surface area contributed by atoms with Gasteiger partial charge in [0, 0.05) is 13.6 Å². The SMILES string of the molecule is Cc1ccc(CC(=O)N(C)CCC#N)cc1C. The molecule has 17 heavy (non-hydrogen) atoms. The van der Waals surface area contributed by atoms with E-state index in [2.05, 4.69) is 6.92 Å². The van der Waals surface area contributed by atoms with Gasteiger partial charge in [-0.1, -0.05) is 18.2 Å². The van der Waals surface area contributed by atoms with E-state index in [4.69, 9.17) is 5.26 Å². The van der Waals surface area contributed by atoms with Gasteiger partial charge in [0.1, 0.15) is 0 Å². The van der Waals surface area contributed by atoms with Crippen LogP contribution in [0.15, 0.2) is 18.2 Å². The lowest BCUT2D eigenvalue weighted by atomic mass is 10.0. The van der Waals surface area contributed by atoms with Crippen LogP contribution in [0, 0.1) is 25.2 Å². The van der Waals surface area contributed by atoms with Crippen LogP contribution in [0.4, 0.5) is 0 Å². The lowest BCUT2D eigenvalue weighted by molar-refractivity contribution is -0.129. The van der Waals surface area contributed by atoms with Gasteiger partial charge in [-0.2, -0.15) is 5.26 Å². The Labute approximate surface area is 103 Å². The number of benzene rings is 1. The smallest absolute Gasteiger partial charge is 0.226 e. The Morgan fingerprint density at radius 2 is 2.06 bits per heavy atom. The minimum atomic E-state index is 0.0588. The third-order valence-corrected chi connectivity index (χ3v) is 2.91. The molecule has 0 fully saturated rings. The number of amides is 1. The fraction of sp³-hybridized carbons (Fsp3) is 0.429. The van der Waals surface area contributed by atoms with Gasteiger partial charge in [0.25, 0.3) is 0 Å². The molecular formula is C14H18N2O. The Morgan fingerprint density at radius 1 is 1.35 bits per heavy atom. The second-order valence-corrected chi connectivity index (χ2v) is 4.32. The zero-order chi connectivity index (χ0) is 12.8. The topological polar surface area (TPSA) is 44.1 Å². The minimum Gasteiger partial charge on any atom is -0.344 e. The van der Waals surface area contributed by atoms with Crippen LogP contribution in [-0.4, -0.2) is 24.4 Å². The zero-order valence-electron chi connectivity index (χ0n) is 10.7. The van der Waals surface area contributed by atoms with Gasteiger partial charge in [-0.15, -0.1) is 0 Å². The van der Waals surface area contributed by atoms with Crippen LogP contribution >= 0.6 is 0 Å². The lowest BCUT2D eigenvalue weighted by Crippen LogP contribution is -2.29. The molecule has 0 saturated carbocycles. The average Bonchev–Trinajstić information content (AvgIpc) is 2.30. The highest BCUT2D eigenvalue weighted by molar-refractivity contribution is 5.78. The highest BCUT2D eigenvalue weighted by Gasteiger charge is 2.09. The molecule has 0 bridgehead atoms. The number of aryl methyl sites for hydroxylation is 2. The largest absolute Gasteiger partial charge is 0.344 e. The van der Waals surface area contributed by atoms with E-state index in [0.29, 0.717) is 19.4 Å². The molecule has 0 aliphatic carbocycles. The van der Waals surface area contributed by atoms with Gasteiger partial charge in [0.15, 0.2) is 0 Å². The molecule has 0 heterocycles. The van der Waals surface area contributed by atoms with Gasteiger partial charge in [-0.05, 0) is 30.5 Å². The third kappa shape index (κ3) is 3.92. The standard InChI is InChI=1S/C14H18N2O/c1-11-5-6-13(9-12(11)2)10-14(17)16(3)8-4-7-15/h5-6,9H,4,8,10H2,1-3H3. The summed E-state index contributed by atoms with van der Waals surface area (Å²) in [4.78, 5) is 13.4. The quantitative estimate of drug-likeness (QED) is 0.796. The summed E-state index contributed by atoms with van der Waals surface area (Å²) in [6, 6.07) is 8.11. The van der Waals surface area contributed by atoms with Crippen molar-refractivity contribution in [3.8, 4) is 6.07 Å². The predicted octanol–water partition coefficient (Wildman–Crippen LogP) is 2.22. The molecule has 0 aromatic heterocycles. The van der Waals surface area contributed by atoms with Gasteiger partial charge in [0.05, 0.1) is 18.9 Å². The first-order valence-corrected chi connectivity index (χ1v) is 5.71. The van der Waals surface area contributed by atoms with Crippen LogP contribution in [-0.2, 0) is 11.2 Å². The molecule has 0 unspecified atom stereocenters. The lowest BCUT2D eigenvalue weighted by Gasteiger charge is -2.15. The molecule has 0 aliphatic rings. The molecule has 1 rings (SSSR count). The Morgan fingerprint density at radius 3 is 2.65 bits per heavy atom. The maximum atomic E-state index is 11.8. The maximum Gasteiger partial charge on any atom is 0.226 e. The van der Waals surface area contributed by atoms with Crippen LogP contribution in [0.25, 0.3) is 0 Å². The van der Waals surface area contributed by atoms with Crippen molar-refractivity contribution in [2.75, 3.05) is 13.6 Å². The number of hydrogen-bond acceptors (Lipinski definition) is 2. The van der Waals surface area contributed by atoms with Crippen LogP contribution in [0.3, 0.4) is 0 Å². The first-order chi connectivity index (χ1) is 8.04. The highest BCUT2D eigenvalue weighted by Crippen LogP contribution is 2.11. The maximum absolute atomic E-state index is 11.8. The van der Waals surface area contributed by atoms with Crippen molar-refractivity contribution in [2.45, 2.75) is 26.7 Å². The van der Waals surface area contributed by atoms with Crippen LogP contribution in [0.2, 0.25) is 0 Å². The highest BCUT2D eigenvalue weighted by atomic mass is 16.2. The van der Waals surface area contributed by atoms with Crippen molar-refractivity contribution >= 4 is 5.91 Å². The Bertz CT molecular complexity index is 446. The molecule has 3 heteroatoms. The van der Waals surface area contributed by atoms with Gasteiger partial charge in [0.2, 0.25) is 5.91 Å². The van der Waals surface area contributed by atoms with E-state index in [9.17, 15) is 4.79 Å². The van der Waals surface area contributed by atoms with E-state index >= 15 is 0 Å². The molecule has 0 radical (unpaired) electrons. The molecule has 0 saturated heterocycles. The fourth-order valence-corrected chi connectivity index (χ4v) is 1.57. The van der Waals surface area contributed by atoms with E-state index in [1.807, 2.05) is 31.2 Å². The number of nitrogens with zero attached hydrogens (tertiary/aromatic N) is 2. The molecule has 0 N–H and O–H groups in total. The summed E-state index contributed by atoms with van der Waals surface area (Å²) in [7, 11) is 1.74. The third-order valence-electron chi connectivity index (χ3n) is 2.91. The summed E-state index contributed by atoms with van der Waals surface area (Å²) < 4.78 is 0. The molecule has 0 spiro atoms. The molecule has 1 amide bonds. The second kappa shape index (κ2) is 6.05. The summed E-state index contributed by atoms with van der Waals surface area (Å²) >= 11 is 0. The van der Waals surface area contributed by atoms with Crippen LogP contribution in [0.5, 0.6) is 0 Å². The van der Waals surface area contributed by atoms with Crippen molar-refractivity contribution in [3.05, 3.63) is 34.9 Å². The van der Waals surface area contributed by atoms with E-state index in [-0.39, 0.29) is 5.91 Å². The summed E-state index contributed by atoms with van der Waals surface area (Å²) in [5, 5.41) is 8.47. The number of hydrogen-bond donors (Lipinski definition) is 0. The van der Waals surface area contributed by atoms with E-state index in [0.717, 1.165) is 5.56 Å². The van der Waals surface area contributed by atoms with Crippen LogP contribution in [0.1, 0.15) is 23.1 Å². The van der Waals surface area contributed by atoms with Gasteiger partial charge >= 0.3 is 0 Å². The molecule has 1 aromatic rings. The Balaban J connectivity index is 2.62. The van der Waals surface area contributed by atoms with E-state index in [1.54, 1.807) is 11.9 Å². The van der Waals surface area contributed by atoms with Crippen molar-refractivity contribution in [2.24, 2.45) is 0 Å². The molecule has 0 aliphatic heterocycles. The van der Waals surface area contributed by atoms with Crippen molar-refractivity contribution < 1.29 is 4.79 Å². The summed E-state index contributed by atoms with van der Waals surface area (Å²) in [5.41, 5.74) is 3.47. The van der Waals surface area contributed by atoms with Crippen molar-refractivity contribution in [1.82, 2.24) is 4.90 Å². The Hall–Kier alpha value is -1.82. The fourth-order valence-electron chi connectivity index (χ4n) is 1.57. The second-order valence-electron chi connectivity index (χ2n) is 4.32. The molecule has 3 nitrogen and oxygen atoms in total. The molecule has 0 atom stereocenters. The minimum absolute atomic E-state index is 0.0588. The number of rotatable bonds is 4. The van der Waals surface area contributed by atoms with E-state index in [1.165, 1.54) is 11.1 Å².